The van der Waals surface area contributed by atoms with Crippen LogP contribution in [0.5, 0.6) is 0 Å². The smallest absolute Gasteiger partial charge is 0.475 e. The lowest BCUT2D eigenvalue weighted by molar-refractivity contribution is -0.192. The molecule has 1 N–H and O–H groups in total. The molecule has 2 aromatic rings. The van der Waals surface area contributed by atoms with E-state index in [0.29, 0.717) is 31.9 Å². The third-order valence-corrected chi connectivity index (χ3v) is 5.10. The van der Waals surface area contributed by atoms with E-state index >= 15 is 0 Å². The highest BCUT2D eigenvalue weighted by atomic mass is 19.4. The molecule has 8 nitrogen and oxygen atoms in total. The third-order valence-electron chi connectivity index (χ3n) is 5.10. The van der Waals surface area contributed by atoms with Crippen molar-refractivity contribution in [2.45, 2.75) is 44.9 Å². The van der Waals surface area contributed by atoms with Gasteiger partial charge in [0.05, 0.1) is 37.0 Å². The molecule has 31 heavy (non-hydrogen) atoms. The molecule has 1 unspecified atom stereocenters. The Balaban J connectivity index is 0.000000339. The summed E-state index contributed by atoms with van der Waals surface area (Å²) in [6, 6.07) is 1.71. The molecule has 2 aromatic heterocycles. The van der Waals surface area contributed by atoms with Gasteiger partial charge in [-0.25, -0.2) is 9.78 Å². The summed E-state index contributed by atoms with van der Waals surface area (Å²) >= 11 is 0. The van der Waals surface area contributed by atoms with Crippen LogP contribution in [0.2, 0.25) is 0 Å². The molecule has 1 atom stereocenters. The molecule has 4 rings (SSSR count). The number of alkyl halides is 3. The van der Waals surface area contributed by atoms with Gasteiger partial charge in [-0.2, -0.15) is 13.2 Å². The molecule has 1 aliphatic heterocycles. The average Bonchev–Trinajstić information content (AvgIpc) is 3.20. The number of ether oxygens (including phenoxy) is 1. The molecule has 0 radical (unpaired) electrons. The van der Waals surface area contributed by atoms with Gasteiger partial charge in [0.2, 0.25) is 0 Å². The fourth-order valence-electron chi connectivity index (χ4n) is 3.46. The lowest BCUT2D eigenvalue weighted by atomic mass is 9.98. The van der Waals surface area contributed by atoms with Crippen LogP contribution in [0.25, 0.3) is 0 Å². The summed E-state index contributed by atoms with van der Waals surface area (Å²) in [6.45, 7) is 5.56. The average molecular weight is 443 g/mol. The van der Waals surface area contributed by atoms with Crippen molar-refractivity contribution in [2.24, 2.45) is 5.92 Å². The first kappa shape index (κ1) is 22.9. The Labute approximate surface area is 176 Å². The molecule has 1 aliphatic carbocycles. The Morgan fingerprint density at radius 3 is 2.61 bits per heavy atom. The number of furan rings is 1. The van der Waals surface area contributed by atoms with Crippen molar-refractivity contribution in [1.29, 1.82) is 0 Å². The molecular formula is C20H24F3N3O5. The SMILES string of the molecule is CCOCC1CN(C(=O)c2ccoc2)Cc2ncn(CC3CC3)c21.O=C(O)C(F)(F)F. The van der Waals surface area contributed by atoms with E-state index < -0.39 is 12.1 Å². The number of carboxylic acid groups (broad SMARTS) is 1. The number of rotatable bonds is 6. The number of carbonyl (C=O) groups excluding carboxylic acids is 1. The number of fused-ring (bicyclic) bond motifs is 1. The summed E-state index contributed by atoms with van der Waals surface area (Å²) < 4.78 is 44.8. The molecule has 1 amide bonds. The van der Waals surface area contributed by atoms with Crippen LogP contribution in [-0.4, -0.2) is 57.4 Å². The second kappa shape index (κ2) is 9.54. The second-order valence-electron chi connectivity index (χ2n) is 7.53. The minimum atomic E-state index is -5.08. The monoisotopic (exact) mass is 443 g/mol. The number of nitrogens with zero attached hydrogens (tertiary/aromatic N) is 3. The summed E-state index contributed by atoms with van der Waals surface area (Å²) in [7, 11) is 0. The van der Waals surface area contributed by atoms with Gasteiger partial charge < -0.3 is 23.7 Å². The zero-order chi connectivity index (χ0) is 22.6. The molecule has 0 spiro atoms. The molecule has 0 aromatic carbocycles. The standard InChI is InChI=1S/C18H23N3O3.C2HF3O2/c1-2-23-11-15-8-20(18(22)14-5-6-24-10-14)9-16-17(15)21(12-19-16)7-13-3-4-13;3-2(4,5)1(6)7/h5-6,10,12-13,15H,2-4,7-9,11H2,1H3;(H,6,7). The van der Waals surface area contributed by atoms with Crippen LogP contribution in [0, 0.1) is 5.92 Å². The van der Waals surface area contributed by atoms with Gasteiger partial charge in [0.15, 0.2) is 0 Å². The first-order valence-corrected chi connectivity index (χ1v) is 9.93. The lowest BCUT2D eigenvalue weighted by Gasteiger charge is -2.33. The number of imidazole rings is 1. The van der Waals surface area contributed by atoms with Crippen LogP contribution >= 0.6 is 0 Å². The predicted octanol–water partition coefficient (Wildman–Crippen LogP) is 3.30. The van der Waals surface area contributed by atoms with Crippen LogP contribution in [-0.2, 0) is 22.6 Å². The first-order chi connectivity index (χ1) is 14.7. The topological polar surface area (TPSA) is 97.8 Å². The summed E-state index contributed by atoms with van der Waals surface area (Å²) in [5, 5.41) is 7.12. The van der Waals surface area contributed by atoms with Crippen LogP contribution in [0.4, 0.5) is 13.2 Å². The quantitative estimate of drug-likeness (QED) is 0.736. The number of aromatic nitrogens is 2. The molecule has 11 heteroatoms. The van der Waals surface area contributed by atoms with Crippen LogP contribution in [0.1, 0.15) is 47.4 Å². The molecule has 170 valence electrons. The first-order valence-electron chi connectivity index (χ1n) is 9.93. The number of hydrogen-bond acceptors (Lipinski definition) is 5. The maximum absolute atomic E-state index is 12.7. The highest BCUT2D eigenvalue weighted by molar-refractivity contribution is 5.94. The van der Waals surface area contributed by atoms with Gasteiger partial charge in [-0.15, -0.1) is 0 Å². The Morgan fingerprint density at radius 1 is 1.35 bits per heavy atom. The fourth-order valence-corrected chi connectivity index (χ4v) is 3.46. The Kier molecular flexibility index (Phi) is 7.04. The highest BCUT2D eigenvalue weighted by Crippen LogP contribution is 2.34. The summed E-state index contributed by atoms with van der Waals surface area (Å²) in [5.41, 5.74) is 2.85. The number of halogens is 3. The van der Waals surface area contributed by atoms with Crippen molar-refractivity contribution in [3.8, 4) is 0 Å². The van der Waals surface area contributed by atoms with Crippen molar-refractivity contribution in [3.63, 3.8) is 0 Å². The van der Waals surface area contributed by atoms with E-state index in [1.165, 1.54) is 31.1 Å². The molecule has 0 bridgehead atoms. The van der Waals surface area contributed by atoms with Gasteiger partial charge in [0.25, 0.3) is 5.91 Å². The largest absolute Gasteiger partial charge is 0.490 e. The van der Waals surface area contributed by atoms with Crippen LogP contribution < -0.4 is 0 Å². The molecule has 1 fully saturated rings. The van der Waals surface area contributed by atoms with Gasteiger partial charge in [0.1, 0.15) is 6.26 Å². The maximum Gasteiger partial charge on any atom is 0.490 e. The number of carboxylic acids is 1. The van der Waals surface area contributed by atoms with Crippen molar-refractivity contribution < 1.29 is 37.0 Å². The Hall–Kier alpha value is -2.82. The van der Waals surface area contributed by atoms with E-state index in [1.54, 1.807) is 6.07 Å². The van der Waals surface area contributed by atoms with Crippen molar-refractivity contribution >= 4 is 11.9 Å². The second-order valence-corrected chi connectivity index (χ2v) is 7.53. The summed E-state index contributed by atoms with van der Waals surface area (Å²) in [4.78, 5) is 28.0. The Morgan fingerprint density at radius 2 is 2.06 bits per heavy atom. The van der Waals surface area contributed by atoms with E-state index in [2.05, 4.69) is 9.55 Å². The van der Waals surface area contributed by atoms with Gasteiger partial charge in [-0.1, -0.05) is 0 Å². The van der Waals surface area contributed by atoms with E-state index in [-0.39, 0.29) is 11.8 Å². The zero-order valence-corrected chi connectivity index (χ0v) is 17.0. The fraction of sp³-hybridized carbons (Fsp3) is 0.550. The number of aliphatic carboxylic acids is 1. The van der Waals surface area contributed by atoms with Crippen molar-refractivity contribution in [3.05, 3.63) is 41.9 Å². The number of hydrogen-bond donors (Lipinski definition) is 1. The molecule has 3 heterocycles. The van der Waals surface area contributed by atoms with Gasteiger partial charge >= 0.3 is 12.1 Å². The third kappa shape index (κ3) is 5.87. The van der Waals surface area contributed by atoms with E-state index in [4.69, 9.17) is 19.1 Å². The summed E-state index contributed by atoms with van der Waals surface area (Å²) in [5.74, 6) is -1.80. The van der Waals surface area contributed by atoms with Crippen LogP contribution in [0.3, 0.4) is 0 Å². The van der Waals surface area contributed by atoms with Gasteiger partial charge in [-0.05, 0) is 31.7 Å². The van der Waals surface area contributed by atoms with Crippen molar-refractivity contribution in [1.82, 2.24) is 14.5 Å². The predicted molar refractivity (Wildman–Crippen MR) is 101 cm³/mol. The lowest BCUT2D eigenvalue weighted by Crippen LogP contribution is -2.40. The normalized spacial score (nSPS) is 18.2. The van der Waals surface area contributed by atoms with E-state index in [9.17, 15) is 18.0 Å². The highest BCUT2D eigenvalue weighted by Gasteiger charge is 2.38. The molecule has 1 saturated carbocycles. The van der Waals surface area contributed by atoms with E-state index in [1.807, 2.05) is 18.2 Å². The van der Waals surface area contributed by atoms with Gasteiger partial charge in [0, 0.05) is 31.3 Å². The maximum atomic E-state index is 12.7. The Bertz CT molecular complexity index is 891. The van der Waals surface area contributed by atoms with Gasteiger partial charge in [-0.3, -0.25) is 4.79 Å². The van der Waals surface area contributed by atoms with Crippen molar-refractivity contribution in [2.75, 3.05) is 19.8 Å². The number of carbonyl (C=O) groups is 2. The minimum Gasteiger partial charge on any atom is -0.475 e. The minimum absolute atomic E-state index is 0.00681. The zero-order valence-electron chi connectivity index (χ0n) is 17.0. The van der Waals surface area contributed by atoms with Crippen LogP contribution in [0.15, 0.2) is 29.3 Å². The number of amides is 1. The van der Waals surface area contributed by atoms with E-state index in [0.717, 1.165) is 18.2 Å². The summed E-state index contributed by atoms with van der Waals surface area (Å²) in [6.07, 6.45) is 2.52. The molecular weight excluding hydrogens is 419 g/mol. The molecule has 0 saturated heterocycles. The molecule has 2 aliphatic rings.